The van der Waals surface area contributed by atoms with Crippen molar-refractivity contribution in [3.05, 3.63) is 0 Å². The summed E-state index contributed by atoms with van der Waals surface area (Å²) >= 11 is 0. The summed E-state index contributed by atoms with van der Waals surface area (Å²) in [6.45, 7) is 5.58. The van der Waals surface area contributed by atoms with Gasteiger partial charge >= 0.3 is 5.97 Å². The van der Waals surface area contributed by atoms with Crippen molar-refractivity contribution in [3.63, 3.8) is 0 Å². The van der Waals surface area contributed by atoms with Gasteiger partial charge in [-0.15, -0.1) is 0 Å². The molecule has 1 aliphatic rings. The van der Waals surface area contributed by atoms with Crippen LogP contribution in [-0.4, -0.2) is 37.0 Å². The monoisotopic (exact) mass is 216 g/mol. The second kappa shape index (κ2) is 5.47. The molecule has 0 bridgehead atoms. The lowest BCUT2D eigenvalue weighted by molar-refractivity contribution is -0.147. The Morgan fingerprint density at radius 3 is 2.87 bits per heavy atom. The topological polar surface area (TPSA) is 55.8 Å². The van der Waals surface area contributed by atoms with Crippen LogP contribution in [0.1, 0.15) is 33.1 Å². The second-order valence-corrected chi connectivity index (χ2v) is 4.65. The number of aliphatic carboxylic acids is 1. The van der Waals surface area contributed by atoms with E-state index in [1.807, 2.05) is 0 Å². The van der Waals surface area contributed by atoms with Gasteiger partial charge in [0, 0.05) is 13.2 Å². The first-order valence-electron chi connectivity index (χ1n) is 5.45. The van der Waals surface area contributed by atoms with E-state index >= 15 is 0 Å². The summed E-state index contributed by atoms with van der Waals surface area (Å²) in [5, 5.41) is 8.89. The van der Waals surface area contributed by atoms with Crippen molar-refractivity contribution in [2.24, 2.45) is 5.41 Å². The molecule has 1 aliphatic heterocycles. The third-order valence-corrected chi connectivity index (χ3v) is 2.77. The molecule has 1 rings (SSSR count). The molecular weight excluding hydrogens is 196 g/mol. The summed E-state index contributed by atoms with van der Waals surface area (Å²) in [5.41, 5.74) is -0.643. The number of hydrogen-bond donors (Lipinski definition) is 1. The van der Waals surface area contributed by atoms with E-state index in [0.29, 0.717) is 19.6 Å². The van der Waals surface area contributed by atoms with Gasteiger partial charge in [-0.05, 0) is 33.1 Å². The molecule has 0 spiro atoms. The number of carboxylic acid groups (broad SMARTS) is 1. The average molecular weight is 216 g/mol. The Kier molecular flexibility index (Phi) is 4.54. The molecule has 0 amide bonds. The van der Waals surface area contributed by atoms with Crippen molar-refractivity contribution in [1.29, 1.82) is 0 Å². The van der Waals surface area contributed by atoms with E-state index in [1.165, 1.54) is 0 Å². The fourth-order valence-electron chi connectivity index (χ4n) is 1.52. The number of rotatable bonds is 6. The van der Waals surface area contributed by atoms with Crippen LogP contribution in [0.5, 0.6) is 0 Å². The van der Waals surface area contributed by atoms with E-state index in [9.17, 15) is 4.79 Å². The van der Waals surface area contributed by atoms with Crippen LogP contribution in [0.2, 0.25) is 0 Å². The molecule has 15 heavy (non-hydrogen) atoms. The van der Waals surface area contributed by atoms with Crippen molar-refractivity contribution in [3.8, 4) is 0 Å². The second-order valence-electron chi connectivity index (χ2n) is 4.65. The van der Waals surface area contributed by atoms with E-state index in [1.54, 1.807) is 13.8 Å². The van der Waals surface area contributed by atoms with E-state index < -0.39 is 11.4 Å². The van der Waals surface area contributed by atoms with E-state index in [-0.39, 0.29) is 6.10 Å². The first-order valence-corrected chi connectivity index (χ1v) is 5.45. The Morgan fingerprint density at radius 2 is 2.33 bits per heavy atom. The van der Waals surface area contributed by atoms with Gasteiger partial charge in [-0.1, -0.05) is 0 Å². The molecule has 1 saturated heterocycles. The lowest BCUT2D eigenvalue weighted by atomic mass is 9.88. The van der Waals surface area contributed by atoms with E-state index in [4.69, 9.17) is 14.6 Å². The van der Waals surface area contributed by atoms with Crippen LogP contribution in [-0.2, 0) is 14.3 Å². The Morgan fingerprint density at radius 1 is 1.60 bits per heavy atom. The number of ether oxygens (including phenoxy) is 2. The van der Waals surface area contributed by atoms with Crippen LogP contribution in [0.4, 0.5) is 0 Å². The van der Waals surface area contributed by atoms with Crippen LogP contribution >= 0.6 is 0 Å². The predicted octanol–water partition coefficient (Wildman–Crippen LogP) is 1.68. The van der Waals surface area contributed by atoms with Crippen LogP contribution < -0.4 is 0 Å². The third-order valence-electron chi connectivity index (χ3n) is 2.77. The molecule has 1 heterocycles. The molecule has 1 N–H and O–H groups in total. The summed E-state index contributed by atoms with van der Waals surface area (Å²) in [6, 6.07) is 0. The molecule has 4 nitrogen and oxygen atoms in total. The molecule has 4 heteroatoms. The van der Waals surface area contributed by atoms with Crippen molar-refractivity contribution < 1.29 is 19.4 Å². The molecule has 0 aromatic heterocycles. The smallest absolute Gasteiger partial charge is 0.309 e. The Labute approximate surface area is 90.6 Å². The van der Waals surface area contributed by atoms with Gasteiger partial charge in [0.05, 0.1) is 18.1 Å². The summed E-state index contributed by atoms with van der Waals surface area (Å²) in [6.07, 6.45) is 2.62. The molecule has 88 valence electrons. The zero-order valence-corrected chi connectivity index (χ0v) is 9.49. The highest BCUT2D eigenvalue weighted by molar-refractivity contribution is 5.73. The summed E-state index contributed by atoms with van der Waals surface area (Å²) in [4.78, 5) is 10.8. The van der Waals surface area contributed by atoms with Gasteiger partial charge in [-0.2, -0.15) is 0 Å². The SMILES string of the molecule is CC(C)(CCCOC1CCOC1)C(=O)O. The van der Waals surface area contributed by atoms with Crippen molar-refractivity contribution in [2.75, 3.05) is 19.8 Å². The zero-order valence-electron chi connectivity index (χ0n) is 9.49. The Bertz CT molecular complexity index is 207. The molecular formula is C11H20O4. The highest BCUT2D eigenvalue weighted by atomic mass is 16.5. The normalized spacial score (nSPS) is 21.9. The van der Waals surface area contributed by atoms with Gasteiger partial charge in [0.1, 0.15) is 0 Å². The van der Waals surface area contributed by atoms with Gasteiger partial charge in [-0.25, -0.2) is 0 Å². The molecule has 1 fully saturated rings. The van der Waals surface area contributed by atoms with Gasteiger partial charge in [0.2, 0.25) is 0 Å². The highest BCUT2D eigenvalue weighted by Crippen LogP contribution is 2.22. The van der Waals surface area contributed by atoms with Crippen molar-refractivity contribution >= 4 is 5.97 Å². The number of carboxylic acids is 1. The maximum Gasteiger partial charge on any atom is 0.309 e. The number of carbonyl (C=O) groups is 1. The quantitative estimate of drug-likeness (QED) is 0.686. The Hall–Kier alpha value is -0.610. The lowest BCUT2D eigenvalue weighted by Gasteiger charge is -2.19. The highest BCUT2D eigenvalue weighted by Gasteiger charge is 2.26. The summed E-state index contributed by atoms with van der Waals surface area (Å²) < 4.78 is 10.7. The van der Waals surface area contributed by atoms with Crippen LogP contribution in [0.25, 0.3) is 0 Å². The van der Waals surface area contributed by atoms with Crippen LogP contribution in [0.15, 0.2) is 0 Å². The zero-order chi connectivity index (χ0) is 11.3. The molecule has 1 atom stereocenters. The lowest BCUT2D eigenvalue weighted by Crippen LogP contribution is -2.24. The molecule has 0 saturated carbocycles. The van der Waals surface area contributed by atoms with Gasteiger partial charge in [0.15, 0.2) is 0 Å². The molecule has 0 aliphatic carbocycles. The minimum atomic E-state index is -0.744. The first-order chi connectivity index (χ1) is 7.02. The molecule has 1 unspecified atom stereocenters. The molecule has 0 radical (unpaired) electrons. The van der Waals surface area contributed by atoms with E-state index in [2.05, 4.69) is 0 Å². The minimum absolute atomic E-state index is 0.220. The number of hydrogen-bond acceptors (Lipinski definition) is 3. The fraction of sp³-hybridized carbons (Fsp3) is 0.909. The van der Waals surface area contributed by atoms with E-state index in [0.717, 1.165) is 19.4 Å². The van der Waals surface area contributed by atoms with Crippen LogP contribution in [0, 0.1) is 5.41 Å². The van der Waals surface area contributed by atoms with Gasteiger partial charge < -0.3 is 14.6 Å². The third kappa shape index (κ3) is 4.18. The largest absolute Gasteiger partial charge is 0.481 e. The Balaban J connectivity index is 2.08. The summed E-state index contributed by atoms with van der Waals surface area (Å²) in [7, 11) is 0. The molecule has 0 aromatic carbocycles. The van der Waals surface area contributed by atoms with Crippen LogP contribution in [0.3, 0.4) is 0 Å². The van der Waals surface area contributed by atoms with Gasteiger partial charge in [-0.3, -0.25) is 4.79 Å². The maximum atomic E-state index is 10.8. The maximum absolute atomic E-state index is 10.8. The standard InChI is InChI=1S/C11H20O4/c1-11(2,10(12)13)5-3-6-15-9-4-7-14-8-9/h9H,3-8H2,1-2H3,(H,12,13). The first kappa shape index (κ1) is 12.5. The predicted molar refractivity (Wildman–Crippen MR) is 55.8 cm³/mol. The van der Waals surface area contributed by atoms with Gasteiger partial charge in [0.25, 0.3) is 0 Å². The fourth-order valence-corrected chi connectivity index (χ4v) is 1.52. The average Bonchev–Trinajstić information content (AvgIpc) is 2.64. The minimum Gasteiger partial charge on any atom is -0.481 e. The van der Waals surface area contributed by atoms with Crippen molar-refractivity contribution in [1.82, 2.24) is 0 Å². The van der Waals surface area contributed by atoms with Crippen molar-refractivity contribution in [2.45, 2.75) is 39.2 Å². The summed E-state index contributed by atoms with van der Waals surface area (Å²) in [5.74, 6) is -0.744. The molecule has 0 aromatic rings.